The molecule has 0 fully saturated rings. The van der Waals surface area contributed by atoms with Crippen molar-refractivity contribution >= 4 is 16.4 Å². The fourth-order valence-corrected chi connectivity index (χ4v) is 0.388. The highest BCUT2D eigenvalue weighted by atomic mass is 32.2. The van der Waals surface area contributed by atoms with Gasteiger partial charge in [-0.15, -0.1) is 0 Å². The molecule has 0 rings (SSSR count). The Labute approximate surface area is 50.6 Å². The second-order valence-corrected chi connectivity index (χ2v) is 2.14. The van der Waals surface area contributed by atoms with Crippen molar-refractivity contribution in [2.24, 2.45) is 5.90 Å². The number of nitrogens with one attached hydrogen (secondary N) is 1. The van der Waals surface area contributed by atoms with E-state index in [2.05, 4.69) is 10.7 Å². The Kier molecular flexibility index (Phi) is 2.37. The lowest BCUT2D eigenvalue weighted by molar-refractivity contribution is 0.153. The van der Waals surface area contributed by atoms with Crippen molar-refractivity contribution in [2.45, 2.75) is 0 Å². The molecule has 0 aliphatic carbocycles. The first-order valence-corrected chi connectivity index (χ1v) is 3.05. The molecular formula is CH4N2O5S. The zero-order chi connectivity index (χ0) is 7.49. The van der Waals surface area contributed by atoms with Gasteiger partial charge in [-0.25, -0.2) is 4.79 Å². The number of hydrogen-bond donors (Lipinski definition) is 3. The molecule has 0 aliphatic heterocycles. The highest BCUT2D eigenvalue weighted by molar-refractivity contribution is 7.84. The standard InChI is InChI=1S/CH4N2O5S/c2-8-1(4)3-9(5,6)7/h2H2,(H,3,4)(H,5,6,7). The first-order chi connectivity index (χ1) is 3.95. The van der Waals surface area contributed by atoms with Gasteiger partial charge in [-0.3, -0.25) is 4.55 Å². The van der Waals surface area contributed by atoms with Crippen LogP contribution in [0.1, 0.15) is 0 Å². The van der Waals surface area contributed by atoms with E-state index in [9.17, 15) is 13.2 Å². The van der Waals surface area contributed by atoms with E-state index in [-0.39, 0.29) is 0 Å². The maximum atomic E-state index is 9.83. The van der Waals surface area contributed by atoms with Crippen LogP contribution in [0.5, 0.6) is 0 Å². The summed E-state index contributed by atoms with van der Waals surface area (Å²) in [6, 6.07) is 0. The Morgan fingerprint density at radius 1 is 1.67 bits per heavy atom. The predicted molar refractivity (Wildman–Crippen MR) is 25.4 cm³/mol. The normalized spacial score (nSPS) is 10.4. The van der Waals surface area contributed by atoms with Gasteiger partial charge < -0.3 is 4.84 Å². The maximum Gasteiger partial charge on any atom is 0.441 e. The van der Waals surface area contributed by atoms with Crippen LogP contribution in [0.3, 0.4) is 0 Å². The van der Waals surface area contributed by atoms with E-state index in [0.717, 1.165) is 4.72 Å². The summed E-state index contributed by atoms with van der Waals surface area (Å²) in [7, 11) is -4.54. The fraction of sp³-hybridized carbons (Fsp3) is 0. The van der Waals surface area contributed by atoms with E-state index in [1.54, 1.807) is 0 Å². The highest BCUT2D eigenvalue weighted by Crippen LogP contribution is 1.73. The van der Waals surface area contributed by atoms with Gasteiger partial charge in [-0.05, 0) is 0 Å². The van der Waals surface area contributed by atoms with Gasteiger partial charge in [0.05, 0.1) is 0 Å². The summed E-state index contributed by atoms with van der Waals surface area (Å²) in [5, 5.41) is 0. The molecule has 0 aromatic heterocycles. The summed E-state index contributed by atoms with van der Waals surface area (Å²) in [5.74, 6) is 4.19. The van der Waals surface area contributed by atoms with Crippen LogP contribution in [0.2, 0.25) is 0 Å². The zero-order valence-corrected chi connectivity index (χ0v) is 4.88. The summed E-state index contributed by atoms with van der Waals surface area (Å²) >= 11 is 0. The lowest BCUT2D eigenvalue weighted by Gasteiger charge is -1.95. The van der Waals surface area contributed by atoms with Gasteiger partial charge in [0.1, 0.15) is 0 Å². The van der Waals surface area contributed by atoms with Crippen LogP contribution in [0.25, 0.3) is 0 Å². The van der Waals surface area contributed by atoms with Gasteiger partial charge in [0, 0.05) is 0 Å². The molecular weight excluding hydrogens is 152 g/mol. The van der Waals surface area contributed by atoms with Gasteiger partial charge in [0.15, 0.2) is 0 Å². The fourth-order valence-electron chi connectivity index (χ4n) is 0.129. The molecule has 0 spiro atoms. The summed E-state index contributed by atoms with van der Waals surface area (Å²) in [5.41, 5.74) is 0. The van der Waals surface area contributed by atoms with E-state index < -0.39 is 16.4 Å². The van der Waals surface area contributed by atoms with Gasteiger partial charge in [0.25, 0.3) is 0 Å². The number of nitrogens with two attached hydrogens (primary N) is 1. The molecule has 0 saturated carbocycles. The second-order valence-electron chi connectivity index (χ2n) is 0.982. The van der Waals surface area contributed by atoms with E-state index in [4.69, 9.17) is 4.55 Å². The van der Waals surface area contributed by atoms with Crippen molar-refractivity contribution in [1.29, 1.82) is 0 Å². The number of carbonyl (C=O) groups excluding carboxylic acids is 1. The minimum atomic E-state index is -4.54. The van der Waals surface area contributed by atoms with Crippen molar-refractivity contribution in [3.8, 4) is 0 Å². The Morgan fingerprint density at radius 2 is 2.11 bits per heavy atom. The Bertz CT molecular complexity index is 193. The second kappa shape index (κ2) is 2.62. The molecule has 8 heteroatoms. The van der Waals surface area contributed by atoms with Crippen LogP contribution in [0.15, 0.2) is 0 Å². The molecule has 0 radical (unpaired) electrons. The third-order valence-corrected chi connectivity index (χ3v) is 0.744. The Hall–Kier alpha value is -0.860. The minimum Gasteiger partial charge on any atom is -0.356 e. The Balaban J connectivity index is 3.91. The van der Waals surface area contributed by atoms with E-state index in [0.29, 0.717) is 0 Å². The molecule has 0 atom stereocenters. The number of carbonyl (C=O) groups is 1. The molecule has 0 heterocycles. The summed E-state index contributed by atoms with van der Waals surface area (Å²) in [6.45, 7) is 0. The van der Waals surface area contributed by atoms with Gasteiger partial charge in [-0.1, -0.05) is 0 Å². The van der Waals surface area contributed by atoms with Crippen LogP contribution in [0.4, 0.5) is 4.79 Å². The third-order valence-electron chi connectivity index (χ3n) is 0.319. The first-order valence-electron chi connectivity index (χ1n) is 1.61. The van der Waals surface area contributed by atoms with Crippen LogP contribution < -0.4 is 10.6 Å². The van der Waals surface area contributed by atoms with E-state index in [1.165, 1.54) is 0 Å². The monoisotopic (exact) mass is 156 g/mol. The van der Waals surface area contributed by atoms with Gasteiger partial charge >= 0.3 is 16.4 Å². The molecule has 0 bridgehead atoms. The van der Waals surface area contributed by atoms with E-state index >= 15 is 0 Å². The van der Waals surface area contributed by atoms with Crippen LogP contribution in [0, 0.1) is 0 Å². The van der Waals surface area contributed by atoms with Crippen molar-refractivity contribution in [3.05, 3.63) is 0 Å². The topological polar surface area (TPSA) is 119 Å². The molecule has 0 unspecified atom stereocenters. The minimum absolute atomic E-state index is 1.01. The van der Waals surface area contributed by atoms with Crippen molar-refractivity contribution in [3.63, 3.8) is 0 Å². The summed E-state index contributed by atoms with van der Waals surface area (Å²) in [6.07, 6.45) is -1.45. The van der Waals surface area contributed by atoms with Crippen molar-refractivity contribution in [2.75, 3.05) is 0 Å². The molecule has 0 aromatic rings. The SMILES string of the molecule is NOC(=O)NS(=O)(=O)O. The molecule has 0 aliphatic rings. The predicted octanol–water partition coefficient (Wildman–Crippen LogP) is -1.61. The summed E-state index contributed by atoms with van der Waals surface area (Å²) in [4.78, 5) is 13.2. The molecule has 9 heavy (non-hydrogen) atoms. The zero-order valence-electron chi connectivity index (χ0n) is 4.07. The molecule has 54 valence electrons. The smallest absolute Gasteiger partial charge is 0.356 e. The molecule has 0 saturated heterocycles. The molecule has 1 amide bonds. The van der Waals surface area contributed by atoms with Gasteiger partial charge in [0.2, 0.25) is 0 Å². The van der Waals surface area contributed by atoms with Gasteiger partial charge in [-0.2, -0.15) is 19.0 Å². The lowest BCUT2D eigenvalue weighted by atomic mass is 11.3. The molecule has 4 N–H and O–H groups in total. The van der Waals surface area contributed by atoms with Crippen LogP contribution in [-0.4, -0.2) is 19.1 Å². The quantitative estimate of drug-likeness (QED) is 0.310. The third kappa shape index (κ3) is 5.00. The molecule has 0 aromatic carbocycles. The number of amides is 1. The highest BCUT2D eigenvalue weighted by Gasteiger charge is 2.08. The van der Waals surface area contributed by atoms with Crippen LogP contribution in [-0.2, 0) is 15.1 Å². The first kappa shape index (κ1) is 8.14. The summed E-state index contributed by atoms with van der Waals surface area (Å²) < 4.78 is 28.2. The maximum absolute atomic E-state index is 9.83. The average molecular weight is 156 g/mol. The lowest BCUT2D eigenvalue weighted by Crippen LogP contribution is -2.31. The van der Waals surface area contributed by atoms with E-state index in [1.807, 2.05) is 0 Å². The number of rotatable bonds is 1. The van der Waals surface area contributed by atoms with Crippen molar-refractivity contribution < 1.29 is 22.6 Å². The average Bonchev–Trinajstić information content (AvgIpc) is 1.62. The molecule has 7 nitrogen and oxygen atoms in total. The Morgan fingerprint density at radius 3 is 2.22 bits per heavy atom. The van der Waals surface area contributed by atoms with Crippen LogP contribution >= 0.6 is 0 Å². The number of hydrogen-bond acceptors (Lipinski definition) is 5. The van der Waals surface area contributed by atoms with Crippen molar-refractivity contribution in [1.82, 2.24) is 4.72 Å². The largest absolute Gasteiger partial charge is 0.441 e.